The van der Waals surface area contributed by atoms with Crippen molar-refractivity contribution in [3.05, 3.63) is 57.8 Å². The van der Waals surface area contributed by atoms with E-state index in [4.69, 9.17) is 9.47 Å². The molecular formula is C20H23BrFNO3. The van der Waals surface area contributed by atoms with Crippen LogP contribution in [0.15, 0.2) is 40.9 Å². The molecule has 0 bridgehead atoms. The fraction of sp³-hybridized carbons (Fsp3) is 0.350. The van der Waals surface area contributed by atoms with Crippen molar-refractivity contribution in [2.75, 3.05) is 20.8 Å². The predicted molar refractivity (Wildman–Crippen MR) is 103 cm³/mol. The highest BCUT2D eigenvalue weighted by atomic mass is 79.9. The first-order chi connectivity index (χ1) is 12.4. The molecule has 0 N–H and O–H groups in total. The number of halogens is 2. The average Bonchev–Trinajstić information content (AvgIpc) is 2.65. The standard InChI is InChI=1S/C20H23BrFNO3/c1-5-10-26-19-17(21)11-15(12-18(19)25-4)20(24)23(3)13(2)14-6-8-16(22)9-7-14/h6-9,11-13H,5,10H2,1-4H3. The molecule has 1 unspecified atom stereocenters. The van der Waals surface area contributed by atoms with Gasteiger partial charge in [-0.25, -0.2) is 4.39 Å². The van der Waals surface area contributed by atoms with Gasteiger partial charge in [-0.2, -0.15) is 0 Å². The molecule has 0 heterocycles. The van der Waals surface area contributed by atoms with Crippen LogP contribution in [-0.2, 0) is 0 Å². The second kappa shape index (κ2) is 9.03. The van der Waals surface area contributed by atoms with Crippen LogP contribution in [0.5, 0.6) is 11.5 Å². The molecule has 0 aliphatic rings. The average molecular weight is 424 g/mol. The lowest BCUT2D eigenvalue weighted by Crippen LogP contribution is -2.29. The lowest BCUT2D eigenvalue weighted by molar-refractivity contribution is 0.0742. The molecule has 0 spiro atoms. The first kappa shape index (κ1) is 20.2. The van der Waals surface area contributed by atoms with Gasteiger partial charge in [0.05, 0.1) is 24.2 Å². The molecule has 0 aliphatic heterocycles. The van der Waals surface area contributed by atoms with Crippen LogP contribution in [0.3, 0.4) is 0 Å². The number of carbonyl (C=O) groups is 1. The van der Waals surface area contributed by atoms with Gasteiger partial charge in [-0.1, -0.05) is 19.1 Å². The lowest BCUT2D eigenvalue weighted by Gasteiger charge is -2.26. The molecule has 0 saturated heterocycles. The van der Waals surface area contributed by atoms with E-state index in [9.17, 15) is 9.18 Å². The Bertz CT molecular complexity index is 764. The van der Waals surface area contributed by atoms with E-state index < -0.39 is 0 Å². The largest absolute Gasteiger partial charge is 0.493 e. The predicted octanol–water partition coefficient (Wildman–Crippen LogP) is 5.22. The number of amides is 1. The van der Waals surface area contributed by atoms with Crippen LogP contribution >= 0.6 is 15.9 Å². The minimum atomic E-state index is -0.300. The smallest absolute Gasteiger partial charge is 0.254 e. The molecule has 0 fully saturated rings. The fourth-order valence-electron chi connectivity index (χ4n) is 2.53. The quantitative estimate of drug-likeness (QED) is 0.612. The molecule has 0 aromatic heterocycles. The number of benzene rings is 2. The molecule has 2 aromatic carbocycles. The number of ether oxygens (including phenoxy) is 2. The third kappa shape index (κ3) is 4.55. The summed E-state index contributed by atoms with van der Waals surface area (Å²) in [6.07, 6.45) is 0.869. The Balaban J connectivity index is 2.27. The number of nitrogens with zero attached hydrogens (tertiary/aromatic N) is 1. The van der Waals surface area contributed by atoms with Crippen molar-refractivity contribution in [1.82, 2.24) is 4.90 Å². The lowest BCUT2D eigenvalue weighted by atomic mass is 10.1. The van der Waals surface area contributed by atoms with Gasteiger partial charge in [-0.3, -0.25) is 4.79 Å². The Morgan fingerprint density at radius 1 is 1.27 bits per heavy atom. The van der Waals surface area contributed by atoms with Crippen molar-refractivity contribution in [2.24, 2.45) is 0 Å². The van der Waals surface area contributed by atoms with E-state index in [0.29, 0.717) is 28.1 Å². The van der Waals surface area contributed by atoms with Crippen LogP contribution in [-0.4, -0.2) is 31.6 Å². The van der Waals surface area contributed by atoms with Crippen molar-refractivity contribution in [2.45, 2.75) is 26.3 Å². The van der Waals surface area contributed by atoms with Crippen LogP contribution in [0, 0.1) is 5.82 Å². The third-order valence-electron chi connectivity index (χ3n) is 4.18. The van der Waals surface area contributed by atoms with E-state index in [2.05, 4.69) is 15.9 Å². The van der Waals surface area contributed by atoms with Gasteiger partial charge in [0.1, 0.15) is 5.82 Å². The van der Waals surface area contributed by atoms with Gasteiger partial charge >= 0.3 is 0 Å². The van der Waals surface area contributed by atoms with E-state index in [1.165, 1.54) is 12.1 Å². The van der Waals surface area contributed by atoms with Crippen LogP contribution in [0.1, 0.15) is 42.2 Å². The molecule has 0 aliphatic carbocycles. The zero-order valence-electron chi connectivity index (χ0n) is 15.4. The highest BCUT2D eigenvalue weighted by Crippen LogP contribution is 2.37. The fourth-order valence-corrected chi connectivity index (χ4v) is 3.09. The van der Waals surface area contributed by atoms with E-state index in [-0.39, 0.29) is 17.8 Å². The maximum absolute atomic E-state index is 13.1. The summed E-state index contributed by atoms with van der Waals surface area (Å²) in [6.45, 7) is 4.48. The highest BCUT2D eigenvalue weighted by molar-refractivity contribution is 9.10. The highest BCUT2D eigenvalue weighted by Gasteiger charge is 2.22. The SMILES string of the molecule is CCCOc1c(Br)cc(C(=O)N(C)C(C)c2ccc(F)cc2)cc1OC. The third-order valence-corrected chi connectivity index (χ3v) is 4.77. The topological polar surface area (TPSA) is 38.8 Å². The maximum atomic E-state index is 13.1. The van der Waals surface area contributed by atoms with Gasteiger partial charge in [-0.15, -0.1) is 0 Å². The van der Waals surface area contributed by atoms with Crippen LogP contribution in [0.4, 0.5) is 4.39 Å². The summed E-state index contributed by atoms with van der Waals surface area (Å²) in [5, 5.41) is 0. The molecule has 1 amide bonds. The van der Waals surface area contributed by atoms with Gasteiger partial charge in [-0.05, 0) is 59.1 Å². The molecule has 0 radical (unpaired) electrons. The molecule has 26 heavy (non-hydrogen) atoms. The number of rotatable bonds is 7. The normalized spacial score (nSPS) is 11.8. The van der Waals surface area contributed by atoms with Crippen molar-refractivity contribution in [1.29, 1.82) is 0 Å². The number of hydrogen-bond donors (Lipinski definition) is 0. The van der Waals surface area contributed by atoms with E-state index in [0.717, 1.165) is 12.0 Å². The van der Waals surface area contributed by atoms with Crippen molar-refractivity contribution in [3.8, 4) is 11.5 Å². The monoisotopic (exact) mass is 423 g/mol. The number of carbonyl (C=O) groups excluding carboxylic acids is 1. The van der Waals surface area contributed by atoms with Gasteiger partial charge < -0.3 is 14.4 Å². The Kier molecular flexibility index (Phi) is 7.03. The van der Waals surface area contributed by atoms with E-state index in [1.54, 1.807) is 43.3 Å². The van der Waals surface area contributed by atoms with Crippen LogP contribution < -0.4 is 9.47 Å². The minimum absolute atomic E-state index is 0.164. The Morgan fingerprint density at radius 2 is 1.92 bits per heavy atom. The molecular weight excluding hydrogens is 401 g/mol. The molecule has 4 nitrogen and oxygen atoms in total. The summed E-state index contributed by atoms with van der Waals surface area (Å²) in [5.74, 6) is 0.619. The summed E-state index contributed by atoms with van der Waals surface area (Å²) < 4.78 is 24.9. The second-order valence-corrected chi connectivity index (χ2v) is 6.84. The Hall–Kier alpha value is -2.08. The molecule has 1 atom stereocenters. The molecule has 140 valence electrons. The molecule has 2 aromatic rings. The van der Waals surface area contributed by atoms with Crippen LogP contribution in [0.2, 0.25) is 0 Å². The first-order valence-electron chi connectivity index (χ1n) is 8.42. The van der Waals surface area contributed by atoms with Gasteiger partial charge in [0.25, 0.3) is 5.91 Å². The van der Waals surface area contributed by atoms with Gasteiger partial charge in [0.15, 0.2) is 11.5 Å². The van der Waals surface area contributed by atoms with Crippen molar-refractivity contribution in [3.63, 3.8) is 0 Å². The summed E-state index contributed by atoms with van der Waals surface area (Å²) in [5.41, 5.74) is 1.34. The zero-order chi connectivity index (χ0) is 19.3. The van der Waals surface area contributed by atoms with Crippen molar-refractivity contribution >= 4 is 21.8 Å². The Labute approximate surface area is 162 Å². The number of methoxy groups -OCH3 is 1. The van der Waals surface area contributed by atoms with E-state index in [1.807, 2.05) is 13.8 Å². The molecule has 2 rings (SSSR count). The van der Waals surface area contributed by atoms with Crippen molar-refractivity contribution < 1.29 is 18.7 Å². The van der Waals surface area contributed by atoms with Gasteiger partial charge in [0, 0.05) is 12.6 Å². The van der Waals surface area contributed by atoms with E-state index >= 15 is 0 Å². The zero-order valence-corrected chi connectivity index (χ0v) is 17.0. The second-order valence-electron chi connectivity index (χ2n) is 5.98. The first-order valence-corrected chi connectivity index (χ1v) is 9.21. The number of hydrogen-bond acceptors (Lipinski definition) is 3. The van der Waals surface area contributed by atoms with Gasteiger partial charge in [0.2, 0.25) is 0 Å². The van der Waals surface area contributed by atoms with Crippen LogP contribution in [0.25, 0.3) is 0 Å². The summed E-state index contributed by atoms with van der Waals surface area (Å²) >= 11 is 3.46. The summed E-state index contributed by atoms with van der Waals surface area (Å²) in [4.78, 5) is 14.5. The Morgan fingerprint density at radius 3 is 2.50 bits per heavy atom. The maximum Gasteiger partial charge on any atom is 0.254 e. The summed E-state index contributed by atoms with van der Waals surface area (Å²) in [6, 6.07) is 9.34. The summed E-state index contributed by atoms with van der Waals surface area (Å²) in [7, 11) is 3.26. The molecule has 6 heteroatoms. The molecule has 0 saturated carbocycles. The minimum Gasteiger partial charge on any atom is -0.493 e.